The standard InChI is InChI=1S/C17H25FN4O2/c1-2-14-15(18)16(20-11-19-14)22-7-3-4-12(10-22)17(23)21-13-5-8-24-9-6-13/h11-13H,2-10H2,1H3,(H,21,23). The van der Waals surface area contributed by atoms with E-state index in [1.807, 2.05) is 11.8 Å². The van der Waals surface area contributed by atoms with E-state index in [9.17, 15) is 9.18 Å². The summed E-state index contributed by atoms with van der Waals surface area (Å²) in [5.74, 6) is -0.0891. The highest BCUT2D eigenvalue weighted by Crippen LogP contribution is 2.25. The van der Waals surface area contributed by atoms with Crippen LogP contribution in [0, 0.1) is 11.7 Å². The summed E-state index contributed by atoms with van der Waals surface area (Å²) >= 11 is 0. The van der Waals surface area contributed by atoms with Gasteiger partial charge >= 0.3 is 0 Å². The van der Waals surface area contributed by atoms with Crippen molar-refractivity contribution < 1.29 is 13.9 Å². The van der Waals surface area contributed by atoms with Crippen molar-refractivity contribution in [3.63, 3.8) is 0 Å². The smallest absolute Gasteiger partial charge is 0.225 e. The molecule has 3 heterocycles. The quantitative estimate of drug-likeness (QED) is 0.906. The molecule has 1 unspecified atom stereocenters. The zero-order valence-electron chi connectivity index (χ0n) is 14.1. The number of nitrogens with zero attached hydrogens (tertiary/aromatic N) is 3. The van der Waals surface area contributed by atoms with Crippen LogP contribution in [0.25, 0.3) is 0 Å². The lowest BCUT2D eigenvalue weighted by Crippen LogP contribution is -2.47. The van der Waals surface area contributed by atoms with Crippen LogP contribution in [0.5, 0.6) is 0 Å². The molecule has 3 rings (SSSR count). The average Bonchev–Trinajstić information content (AvgIpc) is 2.63. The molecular formula is C17H25FN4O2. The van der Waals surface area contributed by atoms with Gasteiger partial charge < -0.3 is 15.0 Å². The van der Waals surface area contributed by atoms with Crippen LogP contribution >= 0.6 is 0 Å². The average molecular weight is 336 g/mol. The molecule has 1 N–H and O–H groups in total. The topological polar surface area (TPSA) is 67.4 Å². The van der Waals surface area contributed by atoms with Gasteiger partial charge in [0.1, 0.15) is 6.33 Å². The van der Waals surface area contributed by atoms with Crippen LogP contribution < -0.4 is 10.2 Å². The molecule has 24 heavy (non-hydrogen) atoms. The molecule has 0 bridgehead atoms. The number of carbonyl (C=O) groups excluding carboxylic acids is 1. The zero-order chi connectivity index (χ0) is 16.9. The fourth-order valence-corrected chi connectivity index (χ4v) is 3.41. The summed E-state index contributed by atoms with van der Waals surface area (Å²) in [5.41, 5.74) is 0.425. The molecule has 1 aromatic rings. The first-order chi connectivity index (χ1) is 11.7. The summed E-state index contributed by atoms with van der Waals surface area (Å²) in [7, 11) is 0. The highest BCUT2D eigenvalue weighted by Gasteiger charge is 2.30. The molecule has 0 aliphatic carbocycles. The Bertz CT molecular complexity index is 578. The summed E-state index contributed by atoms with van der Waals surface area (Å²) in [4.78, 5) is 22.5. The molecule has 0 aromatic carbocycles. The Labute approximate surface area is 141 Å². The fraction of sp³-hybridized carbons (Fsp3) is 0.706. The minimum atomic E-state index is -0.356. The zero-order valence-corrected chi connectivity index (χ0v) is 14.1. The van der Waals surface area contributed by atoms with E-state index in [0.29, 0.717) is 37.7 Å². The second-order valence-corrected chi connectivity index (χ2v) is 6.49. The summed E-state index contributed by atoms with van der Waals surface area (Å²) in [6.07, 6.45) is 5.35. The molecule has 1 amide bonds. The van der Waals surface area contributed by atoms with E-state index >= 15 is 0 Å². The highest BCUT2D eigenvalue weighted by molar-refractivity contribution is 5.79. The van der Waals surface area contributed by atoms with Gasteiger partial charge in [0, 0.05) is 32.3 Å². The molecule has 132 valence electrons. The van der Waals surface area contributed by atoms with E-state index in [1.54, 1.807) is 0 Å². The number of piperidine rings is 1. The van der Waals surface area contributed by atoms with Crippen LogP contribution in [0.4, 0.5) is 10.2 Å². The van der Waals surface area contributed by atoms with Crippen LogP contribution in [-0.4, -0.2) is 48.2 Å². The van der Waals surface area contributed by atoms with Gasteiger partial charge in [0.25, 0.3) is 0 Å². The van der Waals surface area contributed by atoms with Crippen molar-refractivity contribution in [3.8, 4) is 0 Å². The lowest BCUT2D eigenvalue weighted by molar-refractivity contribution is -0.126. The number of carbonyl (C=O) groups is 1. The molecule has 1 atom stereocenters. The first-order valence-electron chi connectivity index (χ1n) is 8.81. The maximum absolute atomic E-state index is 14.5. The Morgan fingerprint density at radius 2 is 2.17 bits per heavy atom. The van der Waals surface area contributed by atoms with Gasteiger partial charge in [-0.3, -0.25) is 4.79 Å². The SMILES string of the molecule is CCc1ncnc(N2CCCC(C(=O)NC3CCOCC3)C2)c1F. The van der Waals surface area contributed by atoms with Gasteiger partial charge in [0.05, 0.1) is 11.6 Å². The second kappa shape index (κ2) is 7.88. The lowest BCUT2D eigenvalue weighted by Gasteiger charge is -2.34. The number of aryl methyl sites for hydroxylation is 1. The van der Waals surface area contributed by atoms with E-state index in [0.717, 1.165) is 32.2 Å². The second-order valence-electron chi connectivity index (χ2n) is 6.49. The van der Waals surface area contributed by atoms with Gasteiger partial charge in [-0.2, -0.15) is 0 Å². The molecule has 6 nitrogen and oxygen atoms in total. The van der Waals surface area contributed by atoms with E-state index in [1.165, 1.54) is 6.33 Å². The number of rotatable bonds is 4. The number of hydrogen-bond acceptors (Lipinski definition) is 5. The van der Waals surface area contributed by atoms with Crippen molar-refractivity contribution >= 4 is 11.7 Å². The maximum atomic E-state index is 14.5. The Hall–Kier alpha value is -1.76. The number of aromatic nitrogens is 2. The number of halogens is 1. The largest absolute Gasteiger partial charge is 0.381 e. The number of nitrogens with one attached hydrogen (secondary N) is 1. The molecule has 2 aliphatic heterocycles. The van der Waals surface area contributed by atoms with Gasteiger partial charge in [0.2, 0.25) is 5.91 Å². The predicted octanol–water partition coefficient (Wildman–Crippen LogP) is 1.69. The highest BCUT2D eigenvalue weighted by atomic mass is 19.1. The van der Waals surface area contributed by atoms with E-state index < -0.39 is 0 Å². The van der Waals surface area contributed by atoms with E-state index in [-0.39, 0.29) is 23.7 Å². The van der Waals surface area contributed by atoms with Crippen LogP contribution in [0.2, 0.25) is 0 Å². The molecule has 1 aromatic heterocycles. The van der Waals surface area contributed by atoms with Crippen molar-refractivity contribution in [1.29, 1.82) is 0 Å². The Morgan fingerprint density at radius 3 is 2.92 bits per heavy atom. The molecule has 2 aliphatic rings. The molecule has 0 spiro atoms. The first kappa shape index (κ1) is 17.1. The Morgan fingerprint density at radius 1 is 1.38 bits per heavy atom. The monoisotopic (exact) mass is 336 g/mol. The van der Waals surface area contributed by atoms with Crippen LogP contribution in [0.3, 0.4) is 0 Å². The normalized spacial score (nSPS) is 22.4. The third-order valence-corrected chi connectivity index (χ3v) is 4.84. The summed E-state index contributed by atoms with van der Waals surface area (Å²) in [5, 5.41) is 3.13. The third-order valence-electron chi connectivity index (χ3n) is 4.84. The first-order valence-corrected chi connectivity index (χ1v) is 8.81. The van der Waals surface area contributed by atoms with Gasteiger partial charge in [0.15, 0.2) is 11.6 Å². The minimum Gasteiger partial charge on any atom is -0.381 e. The number of anilines is 1. The van der Waals surface area contributed by atoms with Crippen molar-refractivity contribution in [3.05, 3.63) is 17.8 Å². The number of amides is 1. The fourth-order valence-electron chi connectivity index (χ4n) is 3.41. The summed E-state index contributed by atoms with van der Waals surface area (Å²) in [6.45, 7) is 4.50. The molecule has 0 radical (unpaired) electrons. The molecule has 2 fully saturated rings. The maximum Gasteiger partial charge on any atom is 0.225 e. The molecule has 0 saturated carbocycles. The Kier molecular flexibility index (Phi) is 5.60. The van der Waals surface area contributed by atoms with Crippen molar-refractivity contribution in [2.75, 3.05) is 31.2 Å². The number of ether oxygens (including phenoxy) is 1. The van der Waals surface area contributed by atoms with Crippen LogP contribution in [0.1, 0.15) is 38.3 Å². The number of hydrogen-bond donors (Lipinski definition) is 1. The third kappa shape index (κ3) is 3.83. The van der Waals surface area contributed by atoms with Gasteiger partial charge in [-0.05, 0) is 32.1 Å². The summed E-state index contributed by atoms with van der Waals surface area (Å²) < 4.78 is 19.8. The molecular weight excluding hydrogens is 311 g/mol. The summed E-state index contributed by atoms with van der Waals surface area (Å²) in [6, 6.07) is 0.198. The minimum absolute atomic E-state index is 0.0665. The van der Waals surface area contributed by atoms with E-state index in [4.69, 9.17) is 4.74 Å². The van der Waals surface area contributed by atoms with Crippen LogP contribution in [0.15, 0.2) is 6.33 Å². The Balaban J connectivity index is 1.64. The van der Waals surface area contributed by atoms with Gasteiger partial charge in [-0.25, -0.2) is 14.4 Å². The van der Waals surface area contributed by atoms with Gasteiger partial charge in [-0.15, -0.1) is 0 Å². The lowest BCUT2D eigenvalue weighted by atomic mass is 9.96. The van der Waals surface area contributed by atoms with Crippen LogP contribution in [-0.2, 0) is 16.0 Å². The van der Waals surface area contributed by atoms with E-state index in [2.05, 4.69) is 15.3 Å². The van der Waals surface area contributed by atoms with Crippen molar-refractivity contribution in [2.24, 2.45) is 5.92 Å². The van der Waals surface area contributed by atoms with Crippen molar-refractivity contribution in [1.82, 2.24) is 15.3 Å². The molecule has 2 saturated heterocycles. The predicted molar refractivity (Wildman–Crippen MR) is 88.3 cm³/mol. The van der Waals surface area contributed by atoms with Crippen molar-refractivity contribution in [2.45, 2.75) is 45.1 Å². The van der Waals surface area contributed by atoms with Gasteiger partial charge in [-0.1, -0.05) is 6.92 Å². The molecule has 7 heteroatoms.